The van der Waals surface area contributed by atoms with Crippen LogP contribution in [0.25, 0.3) is 22.4 Å². The van der Waals surface area contributed by atoms with Crippen molar-refractivity contribution >= 4 is 34.8 Å². The van der Waals surface area contributed by atoms with Gasteiger partial charge < -0.3 is 9.73 Å². The molecule has 1 heterocycles. The highest BCUT2D eigenvalue weighted by Gasteiger charge is 2.06. The smallest absolute Gasteiger partial charge is 0.227 e. The average molecular weight is 296 g/mol. The number of para-hydroxylation sites is 1. The summed E-state index contributed by atoms with van der Waals surface area (Å²) in [7, 11) is 0. The molecule has 0 unspecified atom stereocenters. The summed E-state index contributed by atoms with van der Waals surface area (Å²) in [6.07, 6.45) is 0. The van der Waals surface area contributed by atoms with Gasteiger partial charge in [-0.2, -0.15) is 0 Å². The lowest BCUT2D eigenvalue weighted by Crippen LogP contribution is -2.05. The maximum Gasteiger partial charge on any atom is 0.227 e. The second-order valence-electron chi connectivity index (χ2n) is 4.58. The number of amides is 1. The van der Waals surface area contributed by atoms with E-state index in [2.05, 4.69) is 10.3 Å². The first-order valence-electron chi connectivity index (χ1n) is 6.41. The van der Waals surface area contributed by atoms with Crippen LogP contribution in [0.5, 0.6) is 0 Å². The molecule has 0 fully saturated rings. The molecule has 0 saturated heterocycles. The zero-order valence-corrected chi connectivity index (χ0v) is 12.1. The van der Waals surface area contributed by atoms with Crippen molar-refractivity contribution in [3.05, 3.63) is 53.2 Å². The Morgan fingerprint density at radius 3 is 2.57 bits per heavy atom. The first kappa shape index (κ1) is 13.5. The SMILES string of the molecule is CC(=O)Nc1ccc(-c2nc(=S)c3ccccc3o2)cc1. The van der Waals surface area contributed by atoms with Crippen molar-refractivity contribution in [2.24, 2.45) is 0 Å². The fourth-order valence-electron chi connectivity index (χ4n) is 2.03. The summed E-state index contributed by atoms with van der Waals surface area (Å²) in [6, 6.07) is 14.8. The Hall–Kier alpha value is -2.53. The Balaban J connectivity index is 2.04. The Kier molecular flexibility index (Phi) is 3.50. The molecule has 0 bridgehead atoms. The van der Waals surface area contributed by atoms with E-state index >= 15 is 0 Å². The minimum atomic E-state index is -0.107. The van der Waals surface area contributed by atoms with Gasteiger partial charge >= 0.3 is 0 Å². The number of aromatic nitrogens is 1. The van der Waals surface area contributed by atoms with Gasteiger partial charge in [-0.1, -0.05) is 24.4 Å². The number of benzene rings is 2. The van der Waals surface area contributed by atoms with Gasteiger partial charge in [0.05, 0.1) is 5.39 Å². The van der Waals surface area contributed by atoms with Gasteiger partial charge in [-0.05, 0) is 36.4 Å². The van der Waals surface area contributed by atoms with Crippen LogP contribution in [0.1, 0.15) is 6.92 Å². The highest BCUT2D eigenvalue weighted by atomic mass is 32.1. The van der Waals surface area contributed by atoms with Gasteiger partial charge in [0.1, 0.15) is 10.2 Å². The molecule has 1 N–H and O–H groups in total. The summed E-state index contributed by atoms with van der Waals surface area (Å²) in [5, 5.41) is 3.54. The number of carbonyl (C=O) groups is 1. The topological polar surface area (TPSA) is 55.1 Å². The zero-order valence-electron chi connectivity index (χ0n) is 11.3. The van der Waals surface area contributed by atoms with Gasteiger partial charge in [0.2, 0.25) is 11.8 Å². The maximum absolute atomic E-state index is 11.0. The predicted molar refractivity (Wildman–Crippen MR) is 84.6 cm³/mol. The third-order valence-electron chi connectivity index (χ3n) is 2.98. The fraction of sp³-hybridized carbons (Fsp3) is 0.0625. The molecule has 0 aliphatic heterocycles. The highest BCUT2D eigenvalue weighted by molar-refractivity contribution is 7.71. The van der Waals surface area contributed by atoms with Crippen LogP contribution in [0, 0.1) is 4.64 Å². The van der Waals surface area contributed by atoms with Crippen LogP contribution in [-0.2, 0) is 4.79 Å². The average Bonchev–Trinajstić information content (AvgIpc) is 2.47. The summed E-state index contributed by atoms with van der Waals surface area (Å²) >= 11 is 5.30. The fourth-order valence-corrected chi connectivity index (χ4v) is 2.29. The summed E-state index contributed by atoms with van der Waals surface area (Å²) in [6.45, 7) is 1.47. The van der Waals surface area contributed by atoms with E-state index in [0.29, 0.717) is 16.1 Å². The molecule has 0 spiro atoms. The molecule has 0 atom stereocenters. The molecule has 104 valence electrons. The number of nitrogens with zero attached hydrogens (tertiary/aromatic N) is 1. The molecule has 0 aliphatic carbocycles. The van der Waals surface area contributed by atoms with Crippen LogP contribution in [0.4, 0.5) is 5.69 Å². The van der Waals surface area contributed by atoms with Gasteiger partial charge in [-0.3, -0.25) is 4.79 Å². The van der Waals surface area contributed by atoms with Gasteiger partial charge in [0.15, 0.2) is 0 Å². The second kappa shape index (κ2) is 5.46. The van der Waals surface area contributed by atoms with Crippen LogP contribution in [-0.4, -0.2) is 10.9 Å². The quantitative estimate of drug-likeness (QED) is 0.721. The standard InChI is InChI=1S/C16H12N2O2S/c1-10(19)17-12-8-6-11(7-9-12)15-18-16(21)13-4-2-3-5-14(13)20-15/h2-9H,1H3,(H,17,19). The van der Waals surface area contributed by atoms with Gasteiger partial charge in [0.25, 0.3) is 0 Å². The zero-order chi connectivity index (χ0) is 14.8. The molecule has 1 amide bonds. The van der Waals surface area contributed by atoms with Gasteiger partial charge in [-0.15, -0.1) is 0 Å². The lowest BCUT2D eigenvalue weighted by atomic mass is 10.2. The van der Waals surface area contributed by atoms with E-state index in [-0.39, 0.29) is 5.91 Å². The van der Waals surface area contributed by atoms with E-state index in [4.69, 9.17) is 16.6 Å². The van der Waals surface area contributed by atoms with Crippen LogP contribution >= 0.6 is 12.2 Å². The van der Waals surface area contributed by atoms with E-state index in [1.807, 2.05) is 36.4 Å². The van der Waals surface area contributed by atoms with Crippen molar-refractivity contribution in [1.82, 2.24) is 4.98 Å². The van der Waals surface area contributed by atoms with Crippen molar-refractivity contribution in [3.63, 3.8) is 0 Å². The summed E-state index contributed by atoms with van der Waals surface area (Å²) in [5.74, 6) is 0.359. The number of anilines is 1. The maximum atomic E-state index is 11.0. The molecule has 2 aromatic carbocycles. The van der Waals surface area contributed by atoms with E-state index in [1.54, 1.807) is 12.1 Å². The Labute approximate surface area is 126 Å². The summed E-state index contributed by atoms with van der Waals surface area (Å²) in [4.78, 5) is 15.3. The molecular formula is C16H12N2O2S. The van der Waals surface area contributed by atoms with E-state index in [9.17, 15) is 4.79 Å². The van der Waals surface area contributed by atoms with Crippen LogP contribution < -0.4 is 5.32 Å². The molecule has 0 radical (unpaired) electrons. The Morgan fingerprint density at radius 2 is 1.86 bits per heavy atom. The van der Waals surface area contributed by atoms with Gasteiger partial charge in [0, 0.05) is 18.2 Å². The van der Waals surface area contributed by atoms with Crippen molar-refractivity contribution in [2.45, 2.75) is 6.92 Å². The normalized spacial score (nSPS) is 10.5. The summed E-state index contributed by atoms with van der Waals surface area (Å²) < 4.78 is 6.30. The van der Waals surface area contributed by atoms with E-state index in [0.717, 1.165) is 16.6 Å². The van der Waals surface area contributed by atoms with Crippen molar-refractivity contribution in [1.29, 1.82) is 0 Å². The Morgan fingerprint density at radius 1 is 1.14 bits per heavy atom. The third-order valence-corrected chi connectivity index (χ3v) is 3.29. The molecule has 1 aromatic heterocycles. The second-order valence-corrected chi connectivity index (χ2v) is 4.97. The first-order valence-corrected chi connectivity index (χ1v) is 6.82. The summed E-state index contributed by atoms with van der Waals surface area (Å²) in [5.41, 5.74) is 2.24. The monoisotopic (exact) mass is 296 g/mol. The molecule has 0 aliphatic rings. The van der Waals surface area contributed by atoms with Gasteiger partial charge in [-0.25, -0.2) is 4.98 Å². The molecule has 4 nitrogen and oxygen atoms in total. The number of rotatable bonds is 2. The van der Waals surface area contributed by atoms with E-state index in [1.165, 1.54) is 6.92 Å². The lowest BCUT2D eigenvalue weighted by Gasteiger charge is -2.05. The molecular weight excluding hydrogens is 284 g/mol. The minimum absolute atomic E-state index is 0.107. The van der Waals surface area contributed by atoms with Crippen molar-refractivity contribution < 1.29 is 9.21 Å². The third kappa shape index (κ3) is 2.83. The highest BCUT2D eigenvalue weighted by Crippen LogP contribution is 2.24. The largest absolute Gasteiger partial charge is 0.438 e. The van der Waals surface area contributed by atoms with Crippen molar-refractivity contribution in [3.8, 4) is 11.5 Å². The lowest BCUT2D eigenvalue weighted by molar-refractivity contribution is -0.114. The molecule has 0 saturated carbocycles. The number of fused-ring (bicyclic) bond motifs is 1. The Bertz CT molecular complexity index is 869. The number of hydrogen-bond acceptors (Lipinski definition) is 4. The number of hydrogen-bond donors (Lipinski definition) is 1. The first-order chi connectivity index (χ1) is 10.1. The van der Waals surface area contributed by atoms with Crippen molar-refractivity contribution in [2.75, 3.05) is 5.32 Å². The van der Waals surface area contributed by atoms with Crippen LogP contribution in [0.2, 0.25) is 0 Å². The van der Waals surface area contributed by atoms with E-state index < -0.39 is 0 Å². The van der Waals surface area contributed by atoms with Crippen LogP contribution in [0.15, 0.2) is 52.9 Å². The number of nitrogens with one attached hydrogen (secondary N) is 1. The molecule has 5 heteroatoms. The number of carbonyl (C=O) groups excluding carboxylic acids is 1. The minimum Gasteiger partial charge on any atom is -0.438 e. The van der Waals surface area contributed by atoms with Crippen LogP contribution in [0.3, 0.4) is 0 Å². The molecule has 3 aromatic rings. The predicted octanol–water partition coefficient (Wildman–Crippen LogP) is 4.18. The molecule has 21 heavy (non-hydrogen) atoms. The molecule has 3 rings (SSSR count).